The van der Waals surface area contributed by atoms with Crippen LogP contribution in [0.3, 0.4) is 0 Å². The molecule has 1 aliphatic carbocycles. The molecular weight excluding hydrogens is 250 g/mol. The van der Waals surface area contributed by atoms with E-state index in [4.69, 9.17) is 4.42 Å². The quantitative estimate of drug-likeness (QED) is 0.915. The number of hydrogen-bond acceptors (Lipinski definition) is 2. The van der Waals surface area contributed by atoms with Gasteiger partial charge in [-0.05, 0) is 48.6 Å². The van der Waals surface area contributed by atoms with Crippen molar-refractivity contribution in [1.29, 1.82) is 0 Å². The molecule has 1 aliphatic rings. The van der Waals surface area contributed by atoms with Crippen LogP contribution < -0.4 is 5.32 Å². The van der Waals surface area contributed by atoms with E-state index in [9.17, 15) is 4.79 Å². The topological polar surface area (TPSA) is 42.2 Å². The number of rotatable bonds is 4. The van der Waals surface area contributed by atoms with Crippen molar-refractivity contribution in [1.82, 2.24) is 5.32 Å². The van der Waals surface area contributed by atoms with Crippen LogP contribution in [0, 0.1) is 0 Å². The number of carbonyl (C=O) groups excluding carboxylic acids is 1. The lowest BCUT2D eigenvalue weighted by atomic mass is 9.96. The molecule has 3 rings (SSSR count). The van der Waals surface area contributed by atoms with E-state index in [2.05, 4.69) is 17.4 Å². The van der Waals surface area contributed by atoms with Crippen molar-refractivity contribution in [2.75, 3.05) is 0 Å². The van der Waals surface area contributed by atoms with Gasteiger partial charge in [-0.25, -0.2) is 0 Å². The zero-order valence-corrected chi connectivity index (χ0v) is 11.5. The molecular formula is C17H19NO2. The van der Waals surface area contributed by atoms with E-state index in [0.717, 1.165) is 5.76 Å². The second kappa shape index (κ2) is 5.95. The number of nitrogens with one attached hydrogen (secondary N) is 1. The van der Waals surface area contributed by atoms with E-state index < -0.39 is 0 Å². The minimum Gasteiger partial charge on any atom is -0.467 e. The predicted molar refractivity (Wildman–Crippen MR) is 77.5 cm³/mol. The van der Waals surface area contributed by atoms with E-state index in [1.165, 1.54) is 31.2 Å². The largest absolute Gasteiger partial charge is 0.467 e. The standard InChI is InChI=1S/C17H19NO2/c19-17(18-12-16-6-3-11-20-16)15-9-7-14(8-10-15)13-4-1-2-5-13/h3,6-11,13H,1-2,4-5,12H2,(H,18,19). The van der Waals surface area contributed by atoms with Crippen LogP contribution in [0.1, 0.15) is 53.3 Å². The summed E-state index contributed by atoms with van der Waals surface area (Å²) in [6, 6.07) is 11.7. The van der Waals surface area contributed by atoms with E-state index in [0.29, 0.717) is 18.0 Å². The summed E-state index contributed by atoms with van der Waals surface area (Å²) in [6.45, 7) is 0.427. The van der Waals surface area contributed by atoms with Gasteiger partial charge in [-0.15, -0.1) is 0 Å². The van der Waals surface area contributed by atoms with Crippen molar-refractivity contribution < 1.29 is 9.21 Å². The van der Waals surface area contributed by atoms with Crippen LogP contribution in [0.25, 0.3) is 0 Å². The molecule has 0 aliphatic heterocycles. The Morgan fingerprint density at radius 1 is 1.15 bits per heavy atom. The lowest BCUT2D eigenvalue weighted by Gasteiger charge is -2.10. The molecule has 20 heavy (non-hydrogen) atoms. The van der Waals surface area contributed by atoms with Crippen LogP contribution in [-0.2, 0) is 6.54 Å². The van der Waals surface area contributed by atoms with Crippen LogP contribution in [0.15, 0.2) is 47.1 Å². The number of carbonyl (C=O) groups is 1. The normalized spacial score (nSPS) is 15.4. The monoisotopic (exact) mass is 269 g/mol. The molecule has 1 aromatic carbocycles. The van der Waals surface area contributed by atoms with E-state index >= 15 is 0 Å². The molecule has 0 bridgehead atoms. The highest BCUT2D eigenvalue weighted by Gasteiger charge is 2.17. The van der Waals surface area contributed by atoms with Crippen molar-refractivity contribution in [3.8, 4) is 0 Å². The molecule has 0 atom stereocenters. The Kier molecular flexibility index (Phi) is 3.86. The Balaban J connectivity index is 1.60. The molecule has 0 saturated heterocycles. The average Bonchev–Trinajstić information content (AvgIpc) is 3.18. The second-order valence-corrected chi connectivity index (χ2v) is 5.37. The highest BCUT2D eigenvalue weighted by molar-refractivity contribution is 5.94. The number of furan rings is 1. The van der Waals surface area contributed by atoms with Gasteiger partial charge in [0.05, 0.1) is 12.8 Å². The fourth-order valence-electron chi connectivity index (χ4n) is 2.85. The first-order valence-electron chi connectivity index (χ1n) is 7.23. The SMILES string of the molecule is O=C(NCc1ccco1)c1ccc(C2CCCC2)cc1. The van der Waals surface area contributed by atoms with Gasteiger partial charge in [0, 0.05) is 5.56 Å². The van der Waals surface area contributed by atoms with Gasteiger partial charge in [-0.1, -0.05) is 25.0 Å². The zero-order valence-electron chi connectivity index (χ0n) is 11.5. The van der Waals surface area contributed by atoms with Gasteiger partial charge in [-0.3, -0.25) is 4.79 Å². The molecule has 1 amide bonds. The summed E-state index contributed by atoms with van der Waals surface area (Å²) < 4.78 is 5.19. The summed E-state index contributed by atoms with van der Waals surface area (Å²) in [6.07, 6.45) is 6.83. The Labute approximate surface area is 119 Å². The molecule has 0 unspecified atom stereocenters. The van der Waals surface area contributed by atoms with Crippen LogP contribution in [0.5, 0.6) is 0 Å². The third-order valence-corrected chi connectivity index (χ3v) is 4.00. The third-order valence-electron chi connectivity index (χ3n) is 4.00. The number of amides is 1. The van der Waals surface area contributed by atoms with Crippen molar-refractivity contribution in [2.45, 2.75) is 38.1 Å². The third kappa shape index (κ3) is 2.93. The lowest BCUT2D eigenvalue weighted by molar-refractivity contribution is 0.0948. The molecule has 0 spiro atoms. The summed E-state index contributed by atoms with van der Waals surface area (Å²) in [4.78, 5) is 12.0. The number of hydrogen-bond donors (Lipinski definition) is 1. The fourth-order valence-corrected chi connectivity index (χ4v) is 2.85. The fraction of sp³-hybridized carbons (Fsp3) is 0.353. The predicted octanol–water partition coefficient (Wildman–Crippen LogP) is 3.87. The van der Waals surface area contributed by atoms with Crippen LogP contribution in [0.2, 0.25) is 0 Å². The summed E-state index contributed by atoms with van der Waals surface area (Å²) in [5, 5.41) is 2.86. The van der Waals surface area contributed by atoms with Crippen molar-refractivity contribution in [3.63, 3.8) is 0 Å². The maximum atomic E-state index is 12.0. The van der Waals surface area contributed by atoms with Crippen molar-refractivity contribution in [3.05, 3.63) is 59.5 Å². The Morgan fingerprint density at radius 3 is 2.55 bits per heavy atom. The van der Waals surface area contributed by atoms with Gasteiger partial charge in [0.2, 0.25) is 0 Å². The summed E-state index contributed by atoms with van der Waals surface area (Å²) in [7, 11) is 0. The van der Waals surface area contributed by atoms with E-state index in [-0.39, 0.29) is 5.91 Å². The molecule has 1 aromatic heterocycles. The van der Waals surface area contributed by atoms with Crippen LogP contribution in [-0.4, -0.2) is 5.91 Å². The molecule has 1 N–H and O–H groups in total. The van der Waals surface area contributed by atoms with Gasteiger partial charge in [0.1, 0.15) is 5.76 Å². The Bertz CT molecular complexity index is 551. The minimum absolute atomic E-state index is 0.0561. The zero-order chi connectivity index (χ0) is 13.8. The first kappa shape index (κ1) is 13.0. The number of benzene rings is 1. The minimum atomic E-state index is -0.0561. The molecule has 3 heteroatoms. The summed E-state index contributed by atoms with van der Waals surface area (Å²) in [5.41, 5.74) is 2.07. The van der Waals surface area contributed by atoms with Crippen molar-refractivity contribution >= 4 is 5.91 Å². The van der Waals surface area contributed by atoms with Crippen molar-refractivity contribution in [2.24, 2.45) is 0 Å². The molecule has 2 aromatic rings. The van der Waals surface area contributed by atoms with E-state index in [1.807, 2.05) is 24.3 Å². The maximum Gasteiger partial charge on any atom is 0.251 e. The van der Waals surface area contributed by atoms with Crippen LogP contribution >= 0.6 is 0 Å². The molecule has 1 saturated carbocycles. The summed E-state index contributed by atoms with van der Waals surface area (Å²) >= 11 is 0. The first-order valence-corrected chi connectivity index (χ1v) is 7.23. The van der Waals surface area contributed by atoms with Gasteiger partial charge < -0.3 is 9.73 Å². The highest BCUT2D eigenvalue weighted by Crippen LogP contribution is 2.33. The second-order valence-electron chi connectivity index (χ2n) is 5.37. The van der Waals surface area contributed by atoms with E-state index in [1.54, 1.807) is 6.26 Å². The van der Waals surface area contributed by atoms with Crippen LogP contribution in [0.4, 0.5) is 0 Å². The molecule has 3 nitrogen and oxygen atoms in total. The highest BCUT2D eigenvalue weighted by atomic mass is 16.3. The van der Waals surface area contributed by atoms with Gasteiger partial charge in [0.15, 0.2) is 0 Å². The van der Waals surface area contributed by atoms with Gasteiger partial charge in [0.25, 0.3) is 5.91 Å². The summed E-state index contributed by atoms with van der Waals surface area (Å²) in [5.74, 6) is 1.40. The Morgan fingerprint density at radius 2 is 1.90 bits per heavy atom. The average molecular weight is 269 g/mol. The van der Waals surface area contributed by atoms with Gasteiger partial charge in [-0.2, -0.15) is 0 Å². The van der Waals surface area contributed by atoms with Gasteiger partial charge >= 0.3 is 0 Å². The molecule has 104 valence electrons. The maximum absolute atomic E-state index is 12.0. The molecule has 1 heterocycles. The Hall–Kier alpha value is -2.03. The molecule has 0 radical (unpaired) electrons. The smallest absolute Gasteiger partial charge is 0.251 e. The molecule has 1 fully saturated rings. The lowest BCUT2D eigenvalue weighted by Crippen LogP contribution is -2.22. The first-order chi connectivity index (χ1) is 9.83.